The number of hydrogen-bond donors (Lipinski definition) is 1. The summed E-state index contributed by atoms with van der Waals surface area (Å²) in [6.07, 6.45) is 5.30. The predicted molar refractivity (Wildman–Crippen MR) is 78.1 cm³/mol. The van der Waals surface area contributed by atoms with E-state index in [0.29, 0.717) is 24.5 Å². The van der Waals surface area contributed by atoms with Crippen molar-refractivity contribution in [1.29, 1.82) is 0 Å². The Morgan fingerprint density at radius 2 is 2.43 bits per heavy atom. The van der Waals surface area contributed by atoms with Gasteiger partial charge in [-0.3, -0.25) is 9.59 Å². The fourth-order valence-corrected chi connectivity index (χ4v) is 2.88. The number of ether oxygens (including phenoxy) is 1. The van der Waals surface area contributed by atoms with Crippen molar-refractivity contribution in [1.82, 2.24) is 10.1 Å². The standard InChI is InChI=1S/C15H24N2O4/c1-20-9-3-5-12-4-2-8-17(11-12)15(19)7-6-13-10-14(18)16-21-13/h10,12H,2-9,11H2,1H3,(H,16,18)/t12-/m1/s1. The van der Waals surface area contributed by atoms with Crippen LogP contribution in [0.25, 0.3) is 0 Å². The van der Waals surface area contributed by atoms with Gasteiger partial charge in [0.15, 0.2) is 0 Å². The molecule has 1 N–H and O–H groups in total. The lowest BCUT2D eigenvalue weighted by atomic mass is 9.93. The Balaban J connectivity index is 1.74. The zero-order chi connectivity index (χ0) is 15.1. The molecule has 2 heterocycles. The van der Waals surface area contributed by atoms with Crippen LogP contribution in [-0.2, 0) is 16.0 Å². The van der Waals surface area contributed by atoms with Gasteiger partial charge < -0.3 is 14.2 Å². The summed E-state index contributed by atoms with van der Waals surface area (Å²) in [5.74, 6) is 1.28. The van der Waals surface area contributed by atoms with Gasteiger partial charge in [-0.25, -0.2) is 0 Å². The van der Waals surface area contributed by atoms with Crippen molar-refractivity contribution in [3.05, 3.63) is 22.2 Å². The minimum atomic E-state index is -0.256. The van der Waals surface area contributed by atoms with Gasteiger partial charge >= 0.3 is 0 Å². The summed E-state index contributed by atoms with van der Waals surface area (Å²) in [6.45, 7) is 2.48. The smallest absolute Gasteiger partial charge is 0.280 e. The number of piperidine rings is 1. The minimum absolute atomic E-state index is 0.148. The van der Waals surface area contributed by atoms with Crippen LogP contribution in [-0.4, -0.2) is 42.8 Å². The summed E-state index contributed by atoms with van der Waals surface area (Å²) >= 11 is 0. The number of aromatic nitrogens is 1. The summed E-state index contributed by atoms with van der Waals surface area (Å²) in [7, 11) is 1.72. The van der Waals surface area contributed by atoms with Crippen molar-refractivity contribution >= 4 is 5.91 Å². The highest BCUT2D eigenvalue weighted by Gasteiger charge is 2.23. The first-order valence-electron chi connectivity index (χ1n) is 7.63. The molecule has 1 aliphatic rings. The van der Waals surface area contributed by atoms with E-state index in [0.717, 1.165) is 39.0 Å². The summed E-state index contributed by atoms with van der Waals surface area (Å²) in [4.78, 5) is 25.1. The van der Waals surface area contributed by atoms with Crippen LogP contribution in [0, 0.1) is 5.92 Å². The number of amides is 1. The molecule has 0 bridgehead atoms. The number of rotatable bonds is 7. The largest absolute Gasteiger partial charge is 0.385 e. The fraction of sp³-hybridized carbons (Fsp3) is 0.733. The van der Waals surface area contributed by atoms with E-state index in [1.807, 2.05) is 4.90 Å². The Labute approximate surface area is 124 Å². The number of carbonyl (C=O) groups is 1. The number of likely N-dealkylation sites (tertiary alicyclic amines) is 1. The highest BCUT2D eigenvalue weighted by molar-refractivity contribution is 5.76. The van der Waals surface area contributed by atoms with Crippen LogP contribution in [0.3, 0.4) is 0 Å². The van der Waals surface area contributed by atoms with Gasteiger partial charge in [0.2, 0.25) is 5.91 Å². The average Bonchev–Trinajstić information content (AvgIpc) is 2.91. The molecule has 1 amide bonds. The van der Waals surface area contributed by atoms with E-state index < -0.39 is 0 Å². The number of nitrogens with zero attached hydrogens (tertiary/aromatic N) is 1. The average molecular weight is 296 g/mol. The molecule has 21 heavy (non-hydrogen) atoms. The summed E-state index contributed by atoms with van der Waals surface area (Å²) in [5, 5.41) is 2.24. The van der Waals surface area contributed by atoms with E-state index in [4.69, 9.17) is 9.26 Å². The Bertz CT molecular complexity index is 494. The molecule has 1 aliphatic heterocycles. The van der Waals surface area contributed by atoms with Crippen molar-refractivity contribution in [2.75, 3.05) is 26.8 Å². The monoisotopic (exact) mass is 296 g/mol. The number of aryl methyl sites for hydroxylation is 1. The molecule has 0 radical (unpaired) electrons. The van der Waals surface area contributed by atoms with Gasteiger partial charge in [-0.15, -0.1) is 0 Å². The summed E-state index contributed by atoms with van der Waals surface area (Å²) in [5.41, 5.74) is -0.256. The van der Waals surface area contributed by atoms with E-state index >= 15 is 0 Å². The SMILES string of the molecule is COCCC[C@H]1CCCN(C(=O)CCc2cc(=O)[nH]o2)C1. The molecule has 1 atom stereocenters. The van der Waals surface area contributed by atoms with Crippen LogP contribution < -0.4 is 5.56 Å². The molecule has 0 unspecified atom stereocenters. The lowest BCUT2D eigenvalue weighted by Gasteiger charge is -2.33. The fourth-order valence-electron chi connectivity index (χ4n) is 2.88. The van der Waals surface area contributed by atoms with Crippen molar-refractivity contribution in [3.63, 3.8) is 0 Å². The molecule has 0 spiro atoms. The van der Waals surface area contributed by atoms with E-state index in [1.165, 1.54) is 12.5 Å². The van der Waals surface area contributed by atoms with Crippen LogP contribution >= 0.6 is 0 Å². The quantitative estimate of drug-likeness (QED) is 0.775. The van der Waals surface area contributed by atoms with Gasteiger partial charge in [-0.05, 0) is 31.6 Å². The number of hydrogen-bond acceptors (Lipinski definition) is 4. The third-order valence-corrected chi connectivity index (χ3v) is 3.99. The van der Waals surface area contributed by atoms with E-state index in [2.05, 4.69) is 5.16 Å². The lowest BCUT2D eigenvalue weighted by Crippen LogP contribution is -2.40. The van der Waals surface area contributed by atoms with Crippen molar-refractivity contribution < 1.29 is 14.1 Å². The number of nitrogens with one attached hydrogen (secondary N) is 1. The lowest BCUT2D eigenvalue weighted by molar-refractivity contribution is -0.133. The Morgan fingerprint density at radius 1 is 1.57 bits per heavy atom. The Morgan fingerprint density at radius 3 is 3.14 bits per heavy atom. The Kier molecular flexibility index (Phi) is 6.04. The van der Waals surface area contributed by atoms with Crippen LogP contribution in [0.5, 0.6) is 0 Å². The maximum Gasteiger partial charge on any atom is 0.280 e. The molecule has 1 saturated heterocycles. The first kappa shape index (κ1) is 15.8. The molecule has 118 valence electrons. The highest BCUT2D eigenvalue weighted by atomic mass is 16.5. The van der Waals surface area contributed by atoms with Gasteiger partial charge in [0.25, 0.3) is 5.56 Å². The topological polar surface area (TPSA) is 75.5 Å². The molecule has 0 aliphatic carbocycles. The Hall–Kier alpha value is -1.56. The van der Waals surface area contributed by atoms with E-state index in [9.17, 15) is 9.59 Å². The van der Waals surface area contributed by atoms with Crippen LogP contribution in [0.15, 0.2) is 15.4 Å². The zero-order valence-corrected chi connectivity index (χ0v) is 12.6. The first-order chi connectivity index (χ1) is 10.2. The van der Waals surface area contributed by atoms with Gasteiger partial charge in [0.05, 0.1) is 0 Å². The molecule has 6 heteroatoms. The summed E-state index contributed by atoms with van der Waals surface area (Å²) < 4.78 is 10.0. The van der Waals surface area contributed by atoms with Crippen LogP contribution in [0.1, 0.15) is 37.9 Å². The highest BCUT2D eigenvalue weighted by Crippen LogP contribution is 2.21. The predicted octanol–water partition coefficient (Wildman–Crippen LogP) is 1.57. The maximum atomic E-state index is 12.2. The molecular weight excluding hydrogens is 272 g/mol. The molecule has 6 nitrogen and oxygen atoms in total. The zero-order valence-electron chi connectivity index (χ0n) is 12.6. The molecule has 1 fully saturated rings. The minimum Gasteiger partial charge on any atom is -0.385 e. The third-order valence-electron chi connectivity index (χ3n) is 3.99. The van der Waals surface area contributed by atoms with E-state index in [1.54, 1.807) is 7.11 Å². The van der Waals surface area contributed by atoms with E-state index in [-0.39, 0.29) is 11.5 Å². The number of methoxy groups -OCH3 is 1. The summed E-state index contributed by atoms with van der Waals surface area (Å²) in [6, 6.07) is 1.40. The van der Waals surface area contributed by atoms with Crippen LogP contribution in [0.2, 0.25) is 0 Å². The van der Waals surface area contributed by atoms with Crippen LogP contribution in [0.4, 0.5) is 0 Å². The van der Waals surface area contributed by atoms with Crippen molar-refractivity contribution in [2.24, 2.45) is 5.92 Å². The second-order valence-electron chi connectivity index (χ2n) is 5.66. The third kappa shape index (κ3) is 5.04. The molecule has 0 saturated carbocycles. The van der Waals surface area contributed by atoms with Gasteiger partial charge in [0, 0.05) is 45.7 Å². The molecule has 1 aromatic heterocycles. The molecule has 2 rings (SSSR count). The molecular formula is C15H24N2O4. The number of carbonyl (C=O) groups excluding carboxylic acids is 1. The van der Waals surface area contributed by atoms with Crippen molar-refractivity contribution in [3.8, 4) is 0 Å². The van der Waals surface area contributed by atoms with Gasteiger partial charge in [0.1, 0.15) is 5.76 Å². The normalized spacial score (nSPS) is 18.9. The molecule has 1 aromatic rings. The number of H-pyrrole nitrogens is 1. The maximum absolute atomic E-state index is 12.2. The second-order valence-corrected chi connectivity index (χ2v) is 5.66. The molecule has 0 aromatic carbocycles. The van der Waals surface area contributed by atoms with Crippen molar-refractivity contribution in [2.45, 2.75) is 38.5 Å². The number of aromatic amines is 1. The first-order valence-corrected chi connectivity index (χ1v) is 7.63. The second kappa shape index (κ2) is 8.02. The van der Waals surface area contributed by atoms with Gasteiger partial charge in [-0.2, -0.15) is 5.16 Å². The van der Waals surface area contributed by atoms with Gasteiger partial charge in [-0.1, -0.05) is 0 Å².